The molecule has 25 heavy (non-hydrogen) atoms. The van der Waals surface area contributed by atoms with Crippen LogP contribution in [0.3, 0.4) is 0 Å². The van der Waals surface area contributed by atoms with Crippen molar-refractivity contribution in [1.29, 1.82) is 0 Å². The molecule has 0 aromatic heterocycles. The Morgan fingerprint density at radius 2 is 2.16 bits per heavy atom. The molecule has 0 radical (unpaired) electrons. The lowest BCUT2D eigenvalue weighted by Crippen LogP contribution is -2.35. The van der Waals surface area contributed by atoms with Gasteiger partial charge in [-0.2, -0.15) is 0 Å². The van der Waals surface area contributed by atoms with Crippen LogP contribution in [0.15, 0.2) is 23.2 Å². The summed E-state index contributed by atoms with van der Waals surface area (Å²) in [4.78, 5) is 7.17. The molecule has 1 aliphatic heterocycles. The fourth-order valence-electron chi connectivity index (χ4n) is 3.11. The van der Waals surface area contributed by atoms with Crippen molar-refractivity contribution in [3.8, 4) is 11.5 Å². The van der Waals surface area contributed by atoms with Crippen LogP contribution in [0.4, 0.5) is 5.69 Å². The van der Waals surface area contributed by atoms with Crippen molar-refractivity contribution in [2.45, 2.75) is 26.7 Å². The van der Waals surface area contributed by atoms with Gasteiger partial charge in [0.25, 0.3) is 0 Å². The van der Waals surface area contributed by atoms with E-state index in [9.17, 15) is 0 Å². The van der Waals surface area contributed by atoms with E-state index in [1.54, 1.807) is 7.11 Å². The van der Waals surface area contributed by atoms with E-state index in [4.69, 9.17) is 14.5 Å². The number of aliphatic imine (C=N–C) groups is 1. The number of guanidine groups is 1. The number of hydrogen-bond donors (Lipinski definition) is 2. The molecule has 6 heteroatoms. The fourth-order valence-corrected chi connectivity index (χ4v) is 3.11. The number of ether oxygens (including phenoxy) is 2. The zero-order chi connectivity index (χ0) is 18.1. The van der Waals surface area contributed by atoms with E-state index >= 15 is 0 Å². The third kappa shape index (κ3) is 6.12. The predicted octanol–water partition coefficient (Wildman–Crippen LogP) is 2.81. The van der Waals surface area contributed by atoms with Gasteiger partial charge in [-0.05, 0) is 58.3 Å². The molecule has 0 saturated carbocycles. The summed E-state index contributed by atoms with van der Waals surface area (Å²) in [5.74, 6) is 2.91. The molecule has 1 aliphatic rings. The van der Waals surface area contributed by atoms with Crippen LogP contribution >= 0.6 is 0 Å². The Morgan fingerprint density at radius 1 is 1.32 bits per heavy atom. The molecule has 0 bridgehead atoms. The first-order valence-electron chi connectivity index (χ1n) is 9.21. The minimum Gasteiger partial charge on any atom is -0.493 e. The standard InChI is InChI=1S/C19H32N4O2/c1-5-20-19(21-13-15-8-7-11-23(3)14-15)22-16-9-10-17(24-4)18(12-16)25-6-2/h9-10,12,15H,5-8,11,13-14H2,1-4H3,(H2,20,21,22). The van der Waals surface area contributed by atoms with Crippen LogP contribution in [-0.4, -0.2) is 57.8 Å². The summed E-state index contributed by atoms with van der Waals surface area (Å²) in [6, 6.07) is 5.83. The average molecular weight is 348 g/mol. The van der Waals surface area contributed by atoms with E-state index in [1.165, 1.54) is 19.4 Å². The van der Waals surface area contributed by atoms with E-state index in [-0.39, 0.29) is 0 Å². The van der Waals surface area contributed by atoms with Crippen LogP contribution in [0.1, 0.15) is 26.7 Å². The normalized spacial score (nSPS) is 18.7. The number of nitrogens with zero attached hydrogens (tertiary/aromatic N) is 2. The maximum atomic E-state index is 5.65. The van der Waals surface area contributed by atoms with Crippen LogP contribution in [0.25, 0.3) is 0 Å². The number of anilines is 1. The largest absolute Gasteiger partial charge is 0.493 e. The summed E-state index contributed by atoms with van der Waals surface area (Å²) < 4.78 is 11.0. The quantitative estimate of drug-likeness (QED) is 0.586. The van der Waals surface area contributed by atoms with Crippen molar-refractivity contribution in [3.63, 3.8) is 0 Å². The smallest absolute Gasteiger partial charge is 0.195 e. The van der Waals surface area contributed by atoms with Crippen molar-refractivity contribution in [3.05, 3.63) is 18.2 Å². The third-order valence-corrected chi connectivity index (χ3v) is 4.30. The molecule has 0 spiro atoms. The Bertz CT molecular complexity index is 562. The highest BCUT2D eigenvalue weighted by atomic mass is 16.5. The second kappa shape index (κ2) is 10.1. The molecular formula is C19H32N4O2. The van der Waals surface area contributed by atoms with Gasteiger partial charge in [0.2, 0.25) is 0 Å². The van der Waals surface area contributed by atoms with Gasteiger partial charge in [0.15, 0.2) is 17.5 Å². The first kappa shape index (κ1) is 19.4. The second-order valence-electron chi connectivity index (χ2n) is 6.41. The summed E-state index contributed by atoms with van der Waals surface area (Å²) >= 11 is 0. The van der Waals surface area contributed by atoms with E-state index in [2.05, 4.69) is 29.5 Å². The number of piperidine rings is 1. The monoisotopic (exact) mass is 348 g/mol. The van der Waals surface area contributed by atoms with Crippen molar-refractivity contribution < 1.29 is 9.47 Å². The van der Waals surface area contributed by atoms with Gasteiger partial charge in [-0.25, -0.2) is 0 Å². The first-order chi connectivity index (χ1) is 12.2. The molecule has 0 amide bonds. The Labute approximate surface area is 151 Å². The SMILES string of the molecule is CCNC(=NCC1CCCN(C)C1)Nc1ccc(OC)c(OCC)c1. The molecule has 140 valence electrons. The molecular weight excluding hydrogens is 316 g/mol. The highest BCUT2D eigenvalue weighted by Crippen LogP contribution is 2.30. The minimum atomic E-state index is 0.600. The van der Waals surface area contributed by atoms with Crippen molar-refractivity contribution in [2.24, 2.45) is 10.9 Å². The predicted molar refractivity (Wildman–Crippen MR) is 104 cm³/mol. The van der Waals surface area contributed by atoms with Gasteiger partial charge < -0.3 is 25.0 Å². The lowest BCUT2D eigenvalue weighted by Gasteiger charge is -2.28. The third-order valence-electron chi connectivity index (χ3n) is 4.30. The summed E-state index contributed by atoms with van der Waals surface area (Å²) in [5.41, 5.74) is 0.935. The van der Waals surface area contributed by atoms with Crippen LogP contribution in [0, 0.1) is 5.92 Å². The molecule has 2 N–H and O–H groups in total. The molecule has 0 aliphatic carbocycles. The van der Waals surface area contributed by atoms with Crippen LogP contribution in [0.2, 0.25) is 0 Å². The van der Waals surface area contributed by atoms with Crippen LogP contribution in [-0.2, 0) is 0 Å². The summed E-state index contributed by atoms with van der Waals surface area (Å²) in [6.07, 6.45) is 2.52. The zero-order valence-corrected chi connectivity index (χ0v) is 16.0. The van der Waals surface area contributed by atoms with Gasteiger partial charge in [-0.3, -0.25) is 4.99 Å². The maximum absolute atomic E-state index is 5.65. The van der Waals surface area contributed by atoms with Crippen molar-refractivity contribution in [1.82, 2.24) is 10.2 Å². The van der Waals surface area contributed by atoms with Crippen LogP contribution in [0.5, 0.6) is 11.5 Å². The number of hydrogen-bond acceptors (Lipinski definition) is 4. The number of likely N-dealkylation sites (tertiary alicyclic amines) is 1. The molecule has 1 aromatic carbocycles. The summed E-state index contributed by atoms with van der Waals surface area (Å²) in [5, 5.41) is 6.69. The number of nitrogens with one attached hydrogen (secondary N) is 2. The van der Waals surface area contributed by atoms with E-state index in [0.29, 0.717) is 12.5 Å². The molecule has 1 aromatic rings. The van der Waals surface area contributed by atoms with E-state index in [0.717, 1.165) is 42.8 Å². The van der Waals surface area contributed by atoms with Crippen molar-refractivity contribution in [2.75, 3.05) is 52.3 Å². The highest BCUT2D eigenvalue weighted by Gasteiger charge is 2.17. The summed E-state index contributed by atoms with van der Waals surface area (Å²) in [6.45, 7) is 8.63. The molecule has 1 heterocycles. The number of methoxy groups -OCH3 is 1. The molecule has 1 atom stereocenters. The van der Waals surface area contributed by atoms with Crippen LogP contribution < -0.4 is 20.1 Å². The fraction of sp³-hybridized carbons (Fsp3) is 0.632. The number of rotatable bonds is 7. The second-order valence-corrected chi connectivity index (χ2v) is 6.41. The van der Waals surface area contributed by atoms with Gasteiger partial charge in [-0.15, -0.1) is 0 Å². The van der Waals surface area contributed by atoms with Gasteiger partial charge in [0.1, 0.15) is 0 Å². The van der Waals surface area contributed by atoms with E-state index < -0.39 is 0 Å². The van der Waals surface area contributed by atoms with Gasteiger partial charge in [-0.1, -0.05) is 0 Å². The molecule has 1 saturated heterocycles. The lowest BCUT2D eigenvalue weighted by molar-refractivity contribution is 0.214. The Kier molecular flexibility index (Phi) is 7.85. The van der Waals surface area contributed by atoms with Gasteiger partial charge in [0, 0.05) is 31.4 Å². The molecule has 6 nitrogen and oxygen atoms in total. The number of benzene rings is 1. The van der Waals surface area contributed by atoms with E-state index in [1.807, 2.05) is 25.1 Å². The molecule has 2 rings (SSSR count). The summed E-state index contributed by atoms with van der Waals surface area (Å²) in [7, 11) is 3.84. The average Bonchev–Trinajstić information content (AvgIpc) is 2.60. The Balaban J connectivity index is 2.04. The molecule has 1 unspecified atom stereocenters. The Hall–Kier alpha value is -1.95. The van der Waals surface area contributed by atoms with Gasteiger partial charge in [0.05, 0.1) is 13.7 Å². The highest BCUT2D eigenvalue weighted by molar-refractivity contribution is 5.93. The van der Waals surface area contributed by atoms with Gasteiger partial charge >= 0.3 is 0 Å². The van der Waals surface area contributed by atoms with Crippen molar-refractivity contribution >= 4 is 11.6 Å². The lowest BCUT2D eigenvalue weighted by atomic mass is 9.99. The minimum absolute atomic E-state index is 0.600. The zero-order valence-electron chi connectivity index (χ0n) is 16.0. The Morgan fingerprint density at radius 3 is 2.84 bits per heavy atom. The topological polar surface area (TPSA) is 58.1 Å². The maximum Gasteiger partial charge on any atom is 0.195 e. The first-order valence-corrected chi connectivity index (χ1v) is 9.21. The molecule has 1 fully saturated rings.